The largest absolute Gasteiger partial charge is 0.370 e. The number of rotatable bonds is 4. The van der Waals surface area contributed by atoms with E-state index in [9.17, 15) is 19.2 Å². The number of carbonyl (C=O) groups excluding carboxylic acids is 4. The number of amides is 4. The smallest absolute Gasteiger partial charge is 0.251 e. The summed E-state index contributed by atoms with van der Waals surface area (Å²) in [6.45, 7) is 0.879. The van der Waals surface area contributed by atoms with Gasteiger partial charge in [-0.15, -0.1) is 0 Å². The lowest BCUT2D eigenvalue weighted by Crippen LogP contribution is -2.41. The van der Waals surface area contributed by atoms with Crippen molar-refractivity contribution in [2.45, 2.75) is 50.3 Å². The molecule has 0 unspecified atom stereocenters. The summed E-state index contributed by atoms with van der Waals surface area (Å²) < 4.78 is 0. The van der Waals surface area contributed by atoms with Gasteiger partial charge in [0.05, 0.1) is 37.3 Å². The molecule has 8 aromatic carbocycles. The zero-order chi connectivity index (χ0) is 52.6. The molecule has 0 aliphatic carbocycles. The second-order valence-corrected chi connectivity index (χ2v) is 18.4. The van der Waals surface area contributed by atoms with Crippen LogP contribution in [0.15, 0.2) is 228 Å². The first-order valence-electron chi connectivity index (χ1n) is 25.0. The van der Waals surface area contributed by atoms with Crippen molar-refractivity contribution >= 4 is 35.5 Å². The van der Waals surface area contributed by atoms with Crippen LogP contribution >= 0.6 is 0 Å². The van der Waals surface area contributed by atoms with Gasteiger partial charge in [0.25, 0.3) is 23.6 Å². The molecule has 0 saturated carbocycles. The summed E-state index contributed by atoms with van der Waals surface area (Å²) in [6, 6.07) is 64.1. The summed E-state index contributed by atoms with van der Waals surface area (Å²) in [5, 5.41) is 19.3. The van der Waals surface area contributed by atoms with Crippen molar-refractivity contribution in [3.63, 3.8) is 0 Å². The Hall–Kier alpha value is -9.82. The molecule has 14 nitrogen and oxygen atoms in total. The van der Waals surface area contributed by atoms with Crippen molar-refractivity contribution in [3.8, 4) is 0 Å². The fourth-order valence-electron chi connectivity index (χ4n) is 9.09. The lowest BCUT2D eigenvalue weighted by Gasteiger charge is -2.30. The fraction of sp³-hybridized carbons (Fsp3) is 0.129. The third-order valence-electron chi connectivity index (χ3n) is 13.0. The van der Waals surface area contributed by atoms with E-state index in [0.717, 1.165) is 44.5 Å². The van der Waals surface area contributed by atoms with E-state index in [1.807, 2.05) is 146 Å². The monoisotopic (exact) mass is 1010 g/mol. The Morgan fingerprint density at radius 2 is 0.566 bits per heavy atom. The summed E-state index contributed by atoms with van der Waals surface area (Å²) in [5.41, 5.74) is 20.6. The van der Waals surface area contributed by atoms with Crippen LogP contribution in [0.4, 0.5) is 0 Å². The molecule has 0 radical (unpaired) electrons. The lowest BCUT2D eigenvalue weighted by molar-refractivity contribution is 0.0881. The minimum atomic E-state index is -0.693. The topological polar surface area (TPSA) is 217 Å². The molecule has 9 rings (SSSR count). The molecule has 0 saturated heterocycles. The number of nitrogens with zero attached hydrogens (tertiary/aromatic N) is 2. The molecule has 0 spiro atoms. The van der Waals surface area contributed by atoms with Crippen LogP contribution in [0, 0.1) is 0 Å². The molecule has 4 atom stereocenters. The molecule has 1 heterocycles. The third-order valence-corrected chi connectivity index (χ3v) is 13.0. The summed E-state index contributed by atoms with van der Waals surface area (Å²) in [7, 11) is 0. The molecular formula is C62H58N10O4. The van der Waals surface area contributed by atoms with Gasteiger partial charge < -0.3 is 43.4 Å². The quantitative estimate of drug-likeness (QED) is 0.0853. The minimum absolute atomic E-state index is 0.169. The number of hydrogen-bond donors (Lipinski definition) is 8. The molecule has 8 bridgehead atoms. The molecule has 1 aliphatic heterocycles. The van der Waals surface area contributed by atoms with Crippen molar-refractivity contribution in [1.29, 1.82) is 0 Å². The zero-order valence-electron chi connectivity index (χ0n) is 41.6. The molecule has 4 amide bonds. The van der Waals surface area contributed by atoms with Crippen LogP contribution in [0.1, 0.15) is 110 Å². The summed E-state index contributed by atoms with van der Waals surface area (Å²) in [4.78, 5) is 66.5. The summed E-state index contributed by atoms with van der Waals surface area (Å²) in [5.74, 6) is -1.05. The normalized spacial score (nSPS) is 18.3. The number of hydrogen-bond acceptors (Lipinski definition) is 10. The van der Waals surface area contributed by atoms with Crippen LogP contribution in [0.2, 0.25) is 0 Å². The van der Waals surface area contributed by atoms with Crippen molar-refractivity contribution in [1.82, 2.24) is 31.9 Å². The Morgan fingerprint density at radius 3 is 0.842 bits per heavy atom. The summed E-state index contributed by atoms with van der Waals surface area (Å²) >= 11 is 0. The predicted octanol–water partition coefficient (Wildman–Crippen LogP) is 8.49. The van der Waals surface area contributed by atoms with E-state index < -0.39 is 24.2 Å². The highest BCUT2D eigenvalue weighted by molar-refractivity contribution is 5.97. The van der Waals surface area contributed by atoms with Gasteiger partial charge >= 0.3 is 0 Å². The lowest BCUT2D eigenvalue weighted by atomic mass is 9.92. The van der Waals surface area contributed by atoms with Crippen LogP contribution in [-0.4, -0.2) is 35.5 Å². The van der Waals surface area contributed by atoms with Crippen LogP contribution in [0.25, 0.3) is 0 Å². The average Bonchev–Trinajstić information content (AvgIpc) is 3.47. The molecule has 10 N–H and O–H groups in total. The van der Waals surface area contributed by atoms with Gasteiger partial charge in [0.15, 0.2) is 11.9 Å². The predicted molar refractivity (Wildman–Crippen MR) is 297 cm³/mol. The average molecular weight is 1010 g/mol. The van der Waals surface area contributed by atoms with Crippen molar-refractivity contribution in [3.05, 3.63) is 285 Å². The number of fused-ring (bicyclic) bond motifs is 8. The Kier molecular flexibility index (Phi) is 16.6. The van der Waals surface area contributed by atoms with Gasteiger partial charge in [-0.2, -0.15) is 0 Å². The molecule has 380 valence electrons. The highest BCUT2D eigenvalue weighted by Crippen LogP contribution is 2.32. The molecular weight excluding hydrogens is 949 g/mol. The first-order chi connectivity index (χ1) is 37.1. The molecule has 14 heteroatoms. The standard InChI is InChI=1S/C62H58N10O4/c63-61-65-37-41-17-13-29-49(33-41)57(73)69-53(45-21-5-1-6-22-45)54(46-23-7-2-8-24-46)70-58(74)50-30-14-18-42(34-50)38-66-62(64)68-40-44-20-16-32-52(36-44)60(76)72-56(48-27-11-4-12-28-48)55(47-25-9-3-10-26-47)71-59(75)51-31-15-19-43(35-51)39-67-61/h1-36,53-56H,37-40H2,(H,69,73)(H,70,74)(H,71,75)(H,72,76)(H3,63,65,67)(H3,64,66,68)/t53-,54-,55-,56-/m0/s1. The van der Waals surface area contributed by atoms with Crippen LogP contribution in [0.3, 0.4) is 0 Å². The number of guanidine groups is 2. The molecule has 0 aromatic heterocycles. The van der Waals surface area contributed by atoms with Gasteiger partial charge in [-0.1, -0.05) is 170 Å². The van der Waals surface area contributed by atoms with E-state index in [0.29, 0.717) is 22.3 Å². The highest BCUT2D eigenvalue weighted by Gasteiger charge is 2.31. The van der Waals surface area contributed by atoms with Gasteiger partial charge in [-0.05, 0) is 93.0 Å². The number of aliphatic imine (C=N–C) groups is 2. The van der Waals surface area contributed by atoms with E-state index in [1.165, 1.54) is 0 Å². The van der Waals surface area contributed by atoms with E-state index >= 15 is 0 Å². The first-order valence-corrected chi connectivity index (χ1v) is 25.0. The van der Waals surface area contributed by atoms with Gasteiger partial charge in [-0.25, -0.2) is 9.98 Å². The zero-order valence-corrected chi connectivity index (χ0v) is 41.6. The Morgan fingerprint density at radius 1 is 0.316 bits per heavy atom. The van der Waals surface area contributed by atoms with Crippen LogP contribution in [0.5, 0.6) is 0 Å². The van der Waals surface area contributed by atoms with Gasteiger partial charge in [0.1, 0.15) is 0 Å². The van der Waals surface area contributed by atoms with E-state index in [-0.39, 0.29) is 61.7 Å². The SMILES string of the molecule is NC1=NCc2cccc(c2)C(=O)N[C@@H](c2ccccc2)[C@H](c2ccccc2)NC(=O)c2cccc(c2)CNC(N)=NCc2cccc(c2)C(=O)N[C@@H](c2ccccc2)[C@H](c2ccccc2)NC(=O)c2cccc(c2)CN1. The van der Waals surface area contributed by atoms with E-state index in [1.54, 1.807) is 72.8 Å². The Balaban J connectivity index is 1.04. The summed E-state index contributed by atoms with van der Waals surface area (Å²) in [6.07, 6.45) is 0. The second-order valence-electron chi connectivity index (χ2n) is 18.4. The Bertz CT molecular complexity index is 3130. The van der Waals surface area contributed by atoms with Gasteiger partial charge in [-0.3, -0.25) is 19.2 Å². The van der Waals surface area contributed by atoms with Gasteiger partial charge in [0, 0.05) is 35.3 Å². The van der Waals surface area contributed by atoms with E-state index in [4.69, 9.17) is 11.5 Å². The maximum absolute atomic E-state index is 14.3. The second kappa shape index (κ2) is 24.7. The molecule has 0 fully saturated rings. The van der Waals surface area contributed by atoms with Crippen molar-refractivity contribution < 1.29 is 19.2 Å². The van der Waals surface area contributed by atoms with E-state index in [2.05, 4.69) is 41.9 Å². The van der Waals surface area contributed by atoms with Crippen LogP contribution < -0.4 is 43.4 Å². The van der Waals surface area contributed by atoms with Gasteiger partial charge in [0.2, 0.25) is 0 Å². The molecule has 1 aliphatic rings. The number of benzene rings is 8. The molecule has 76 heavy (non-hydrogen) atoms. The number of nitrogens with one attached hydrogen (secondary N) is 6. The first kappa shape index (κ1) is 51.1. The number of carbonyl (C=O) groups is 4. The fourth-order valence-corrected chi connectivity index (χ4v) is 9.09. The van der Waals surface area contributed by atoms with Crippen molar-refractivity contribution in [2.24, 2.45) is 21.5 Å². The minimum Gasteiger partial charge on any atom is -0.370 e. The highest BCUT2D eigenvalue weighted by atomic mass is 16.2. The maximum Gasteiger partial charge on any atom is 0.251 e. The molecule has 8 aromatic rings. The van der Waals surface area contributed by atoms with Crippen molar-refractivity contribution in [2.75, 3.05) is 0 Å². The Labute approximate surface area is 441 Å². The number of nitrogens with two attached hydrogens (primary N) is 2. The third kappa shape index (κ3) is 13.4. The van der Waals surface area contributed by atoms with Crippen LogP contribution in [-0.2, 0) is 26.2 Å². The maximum atomic E-state index is 14.3.